The van der Waals surface area contributed by atoms with Gasteiger partial charge >= 0.3 is 0 Å². The summed E-state index contributed by atoms with van der Waals surface area (Å²) in [6.07, 6.45) is 9.59. The van der Waals surface area contributed by atoms with Gasteiger partial charge in [-0.2, -0.15) is 0 Å². The lowest BCUT2D eigenvalue weighted by molar-refractivity contribution is 0.196. The first-order valence-electron chi connectivity index (χ1n) is 8.04. The van der Waals surface area contributed by atoms with Gasteiger partial charge in [-0.1, -0.05) is 19.3 Å². The van der Waals surface area contributed by atoms with Gasteiger partial charge in [0.05, 0.1) is 6.54 Å². The molecule has 2 aliphatic carbocycles. The minimum absolute atomic E-state index is 0.675. The monoisotopic (exact) mass is 266 g/mol. The molecule has 19 heavy (non-hydrogen) atoms. The van der Waals surface area contributed by atoms with E-state index in [-0.39, 0.29) is 0 Å². The fourth-order valence-corrected chi connectivity index (χ4v) is 2.76. The first kappa shape index (κ1) is 14.6. The van der Waals surface area contributed by atoms with Gasteiger partial charge in [0.25, 0.3) is 0 Å². The van der Waals surface area contributed by atoms with E-state index >= 15 is 0 Å². The molecule has 2 rings (SSSR count). The van der Waals surface area contributed by atoms with E-state index in [1.54, 1.807) is 0 Å². The fraction of sp³-hybridized carbons (Fsp3) is 0.933. The molecule has 0 aromatic heterocycles. The Balaban J connectivity index is 1.69. The zero-order valence-electron chi connectivity index (χ0n) is 12.6. The summed E-state index contributed by atoms with van der Waals surface area (Å²) >= 11 is 0. The average molecular weight is 266 g/mol. The SMILES string of the molecule is CCNC(=NCCN(C)C1CCCCC1)NC1CC1. The highest BCUT2D eigenvalue weighted by atomic mass is 15.2. The highest BCUT2D eigenvalue weighted by molar-refractivity contribution is 5.80. The van der Waals surface area contributed by atoms with Crippen molar-refractivity contribution in [3.63, 3.8) is 0 Å². The Morgan fingerprint density at radius 1 is 1.16 bits per heavy atom. The molecule has 2 fully saturated rings. The molecule has 0 aromatic carbocycles. The molecule has 4 nitrogen and oxygen atoms in total. The molecule has 0 radical (unpaired) electrons. The fourth-order valence-electron chi connectivity index (χ4n) is 2.76. The van der Waals surface area contributed by atoms with Crippen LogP contribution in [0.3, 0.4) is 0 Å². The molecular weight excluding hydrogens is 236 g/mol. The van der Waals surface area contributed by atoms with Crippen molar-refractivity contribution in [3.8, 4) is 0 Å². The number of hydrogen-bond acceptors (Lipinski definition) is 2. The van der Waals surface area contributed by atoms with Gasteiger partial charge in [-0.05, 0) is 39.7 Å². The molecule has 0 spiro atoms. The van der Waals surface area contributed by atoms with Crippen LogP contribution in [0, 0.1) is 0 Å². The van der Waals surface area contributed by atoms with Crippen molar-refractivity contribution in [2.75, 3.05) is 26.7 Å². The van der Waals surface area contributed by atoms with Crippen LogP contribution in [0.5, 0.6) is 0 Å². The molecule has 110 valence electrons. The molecule has 0 bridgehead atoms. The summed E-state index contributed by atoms with van der Waals surface area (Å²) in [5.74, 6) is 1.00. The molecule has 0 atom stereocenters. The summed E-state index contributed by atoms with van der Waals surface area (Å²) in [6.45, 7) is 5.04. The lowest BCUT2D eigenvalue weighted by Gasteiger charge is -2.30. The molecule has 0 aromatic rings. The maximum atomic E-state index is 4.68. The predicted molar refractivity (Wildman–Crippen MR) is 81.6 cm³/mol. The Morgan fingerprint density at radius 3 is 2.53 bits per heavy atom. The topological polar surface area (TPSA) is 39.7 Å². The van der Waals surface area contributed by atoms with E-state index in [1.165, 1.54) is 44.9 Å². The lowest BCUT2D eigenvalue weighted by atomic mass is 9.94. The van der Waals surface area contributed by atoms with E-state index in [9.17, 15) is 0 Å². The van der Waals surface area contributed by atoms with Crippen LogP contribution in [0.4, 0.5) is 0 Å². The van der Waals surface area contributed by atoms with Crippen LogP contribution in [-0.2, 0) is 0 Å². The van der Waals surface area contributed by atoms with Gasteiger partial charge in [0.15, 0.2) is 5.96 Å². The third-order valence-corrected chi connectivity index (χ3v) is 4.18. The molecule has 0 saturated heterocycles. The van der Waals surface area contributed by atoms with Crippen LogP contribution in [0.2, 0.25) is 0 Å². The molecule has 0 unspecified atom stereocenters. The van der Waals surface area contributed by atoms with Crippen molar-refractivity contribution in [2.24, 2.45) is 4.99 Å². The van der Waals surface area contributed by atoms with E-state index in [4.69, 9.17) is 0 Å². The maximum Gasteiger partial charge on any atom is 0.191 e. The summed E-state index contributed by atoms with van der Waals surface area (Å²) in [6, 6.07) is 1.47. The van der Waals surface area contributed by atoms with Crippen LogP contribution in [0.1, 0.15) is 51.9 Å². The van der Waals surface area contributed by atoms with Crippen molar-refractivity contribution < 1.29 is 0 Å². The van der Waals surface area contributed by atoms with E-state index in [0.717, 1.165) is 31.6 Å². The van der Waals surface area contributed by atoms with E-state index < -0.39 is 0 Å². The smallest absolute Gasteiger partial charge is 0.191 e. The molecular formula is C15H30N4. The van der Waals surface area contributed by atoms with Gasteiger partial charge in [-0.3, -0.25) is 4.99 Å². The molecule has 0 amide bonds. The van der Waals surface area contributed by atoms with Crippen molar-refractivity contribution >= 4 is 5.96 Å². The summed E-state index contributed by atoms with van der Waals surface area (Å²) < 4.78 is 0. The van der Waals surface area contributed by atoms with Gasteiger partial charge < -0.3 is 15.5 Å². The Hall–Kier alpha value is -0.770. The predicted octanol–water partition coefficient (Wildman–Crippen LogP) is 1.97. The Labute approximate surface area is 118 Å². The Morgan fingerprint density at radius 2 is 1.89 bits per heavy atom. The Kier molecular flexibility index (Phi) is 5.95. The van der Waals surface area contributed by atoms with Gasteiger partial charge in [0.1, 0.15) is 0 Å². The standard InChI is InChI=1S/C15H30N4/c1-3-16-15(18-13-9-10-13)17-11-12-19(2)14-7-5-4-6-8-14/h13-14H,3-12H2,1-2H3,(H2,16,17,18). The van der Waals surface area contributed by atoms with Crippen molar-refractivity contribution in [1.82, 2.24) is 15.5 Å². The van der Waals surface area contributed by atoms with Crippen LogP contribution in [0.25, 0.3) is 0 Å². The third kappa shape index (κ3) is 5.39. The Bertz CT molecular complexity index is 280. The number of rotatable bonds is 6. The van der Waals surface area contributed by atoms with Crippen LogP contribution in [0.15, 0.2) is 4.99 Å². The lowest BCUT2D eigenvalue weighted by Crippen LogP contribution is -2.40. The first-order valence-corrected chi connectivity index (χ1v) is 8.04. The first-order chi connectivity index (χ1) is 9.29. The number of nitrogens with one attached hydrogen (secondary N) is 2. The highest BCUT2D eigenvalue weighted by Crippen LogP contribution is 2.21. The van der Waals surface area contributed by atoms with Crippen molar-refractivity contribution in [3.05, 3.63) is 0 Å². The number of hydrogen-bond donors (Lipinski definition) is 2. The highest BCUT2D eigenvalue weighted by Gasteiger charge is 2.22. The second-order valence-electron chi connectivity index (χ2n) is 5.95. The molecule has 0 heterocycles. The largest absolute Gasteiger partial charge is 0.357 e. The summed E-state index contributed by atoms with van der Waals surface area (Å²) in [5.41, 5.74) is 0. The molecule has 4 heteroatoms. The molecule has 2 N–H and O–H groups in total. The van der Waals surface area contributed by atoms with Crippen LogP contribution < -0.4 is 10.6 Å². The summed E-state index contributed by atoms with van der Waals surface area (Å²) in [7, 11) is 2.26. The molecule has 0 aliphatic heterocycles. The average Bonchev–Trinajstić information content (AvgIpc) is 3.24. The third-order valence-electron chi connectivity index (χ3n) is 4.18. The van der Waals surface area contributed by atoms with Crippen molar-refractivity contribution in [1.29, 1.82) is 0 Å². The van der Waals surface area contributed by atoms with E-state index in [0.29, 0.717) is 6.04 Å². The van der Waals surface area contributed by atoms with E-state index in [1.807, 2.05) is 0 Å². The zero-order chi connectivity index (χ0) is 13.5. The minimum atomic E-state index is 0.675. The van der Waals surface area contributed by atoms with E-state index in [2.05, 4.69) is 34.5 Å². The quantitative estimate of drug-likeness (QED) is 0.570. The summed E-state index contributed by atoms with van der Waals surface area (Å²) in [5, 5.41) is 6.79. The van der Waals surface area contributed by atoms with Crippen molar-refractivity contribution in [2.45, 2.75) is 64.0 Å². The molecule has 2 saturated carbocycles. The van der Waals surface area contributed by atoms with Gasteiger partial charge in [0, 0.05) is 25.2 Å². The second kappa shape index (κ2) is 7.73. The second-order valence-corrected chi connectivity index (χ2v) is 5.95. The number of guanidine groups is 1. The zero-order valence-corrected chi connectivity index (χ0v) is 12.6. The number of likely N-dealkylation sites (N-methyl/N-ethyl adjacent to an activating group) is 1. The number of nitrogens with zero attached hydrogens (tertiary/aromatic N) is 2. The van der Waals surface area contributed by atoms with Gasteiger partial charge in [-0.25, -0.2) is 0 Å². The van der Waals surface area contributed by atoms with Gasteiger partial charge in [0.2, 0.25) is 0 Å². The minimum Gasteiger partial charge on any atom is -0.357 e. The summed E-state index contributed by atoms with van der Waals surface area (Å²) in [4.78, 5) is 7.18. The maximum absolute atomic E-state index is 4.68. The van der Waals surface area contributed by atoms with Crippen LogP contribution >= 0.6 is 0 Å². The molecule has 2 aliphatic rings. The number of aliphatic imine (C=N–C) groups is 1. The van der Waals surface area contributed by atoms with Gasteiger partial charge in [-0.15, -0.1) is 0 Å². The normalized spacial score (nSPS) is 21.7. The van der Waals surface area contributed by atoms with Crippen LogP contribution in [-0.4, -0.2) is 49.6 Å².